The molecule has 26 heavy (non-hydrogen) atoms. The van der Waals surface area contributed by atoms with Gasteiger partial charge in [-0.3, -0.25) is 10.1 Å². The zero-order chi connectivity index (χ0) is 18.7. The second kappa shape index (κ2) is 5.30. The van der Waals surface area contributed by atoms with Crippen LogP contribution in [0.3, 0.4) is 0 Å². The maximum Gasteiger partial charge on any atom is 0.399 e. The molecule has 1 heterocycles. The van der Waals surface area contributed by atoms with E-state index in [0.29, 0.717) is 5.39 Å². The number of nitrogens with zero attached hydrogens (tertiary/aromatic N) is 2. The number of fused-ring (bicyclic) bond motifs is 1. The third-order valence-corrected chi connectivity index (χ3v) is 5.09. The zero-order valence-corrected chi connectivity index (χ0v) is 13.6. The Hall–Kier alpha value is -2.90. The highest BCUT2D eigenvalue weighted by molar-refractivity contribution is 5.83. The first-order valence-corrected chi connectivity index (χ1v) is 7.92. The molecular formula is C18H13F3N2O3. The summed E-state index contributed by atoms with van der Waals surface area (Å²) >= 11 is 0. The van der Waals surface area contributed by atoms with Crippen molar-refractivity contribution in [3.8, 4) is 0 Å². The van der Waals surface area contributed by atoms with Crippen molar-refractivity contribution in [2.24, 2.45) is 0 Å². The molecule has 8 heteroatoms. The van der Waals surface area contributed by atoms with Gasteiger partial charge in [0.1, 0.15) is 5.41 Å². The summed E-state index contributed by atoms with van der Waals surface area (Å²) in [6.07, 6.45) is -4.88. The molecule has 134 valence electrons. The number of hydrogen-bond acceptors (Lipinski definition) is 4. The standard InChI is InChI=1S/C18H13F3N2O3/c1-10-15(23(24)25)16(26-22-10)14-9-17(14,18(19,20)21)13-7-6-11-4-2-3-5-12(11)8-13/h2-8,14H,9H2,1H3/t14-,17-/m1/s1. The summed E-state index contributed by atoms with van der Waals surface area (Å²) in [7, 11) is 0. The summed E-state index contributed by atoms with van der Waals surface area (Å²) < 4.78 is 47.0. The van der Waals surface area contributed by atoms with E-state index in [1.807, 2.05) is 12.1 Å². The van der Waals surface area contributed by atoms with Gasteiger partial charge in [-0.25, -0.2) is 0 Å². The number of alkyl halides is 3. The van der Waals surface area contributed by atoms with E-state index in [1.54, 1.807) is 18.2 Å². The summed E-state index contributed by atoms with van der Waals surface area (Å²) in [5.74, 6) is -1.47. The van der Waals surface area contributed by atoms with E-state index in [9.17, 15) is 23.3 Å². The average molecular weight is 362 g/mol. The van der Waals surface area contributed by atoms with Crippen LogP contribution in [0.4, 0.5) is 18.9 Å². The fraction of sp³-hybridized carbons (Fsp3) is 0.278. The zero-order valence-electron chi connectivity index (χ0n) is 13.6. The van der Waals surface area contributed by atoms with Gasteiger partial charge in [-0.1, -0.05) is 47.6 Å². The number of halogens is 3. The summed E-state index contributed by atoms with van der Waals surface area (Å²) in [5.41, 5.74) is -2.61. The molecule has 0 unspecified atom stereocenters. The van der Waals surface area contributed by atoms with Crippen LogP contribution in [0.15, 0.2) is 47.0 Å². The molecule has 5 nitrogen and oxygen atoms in total. The molecule has 1 aliphatic carbocycles. The Morgan fingerprint density at radius 1 is 1.23 bits per heavy atom. The molecule has 0 radical (unpaired) electrons. The Labute approximate surface area is 145 Å². The number of benzene rings is 2. The third-order valence-electron chi connectivity index (χ3n) is 5.09. The van der Waals surface area contributed by atoms with Crippen LogP contribution in [0, 0.1) is 17.0 Å². The summed E-state index contributed by atoms with van der Waals surface area (Å²) in [6.45, 7) is 1.35. The van der Waals surface area contributed by atoms with Crippen LogP contribution in [-0.2, 0) is 5.41 Å². The molecule has 1 aromatic heterocycles. The van der Waals surface area contributed by atoms with Gasteiger partial charge in [-0.05, 0) is 29.7 Å². The quantitative estimate of drug-likeness (QED) is 0.484. The van der Waals surface area contributed by atoms with Crippen molar-refractivity contribution in [2.45, 2.75) is 30.9 Å². The summed E-state index contributed by atoms with van der Waals surface area (Å²) in [6, 6.07) is 11.7. The molecule has 1 fully saturated rings. The van der Waals surface area contributed by atoms with Crippen LogP contribution in [0.1, 0.15) is 29.4 Å². The number of nitro groups is 1. The average Bonchev–Trinajstić information content (AvgIpc) is 3.24. The van der Waals surface area contributed by atoms with Gasteiger partial charge in [0.05, 0.1) is 4.92 Å². The third kappa shape index (κ3) is 2.21. The maximum absolute atomic E-state index is 14.0. The minimum absolute atomic E-state index is 0.0218. The van der Waals surface area contributed by atoms with Crippen molar-refractivity contribution < 1.29 is 22.6 Å². The molecule has 1 aliphatic rings. The van der Waals surface area contributed by atoms with Crippen LogP contribution in [0.2, 0.25) is 0 Å². The predicted octanol–water partition coefficient (Wildman–Crippen LogP) is 5.03. The highest BCUT2D eigenvalue weighted by Crippen LogP contribution is 2.69. The lowest BCUT2D eigenvalue weighted by atomic mass is 9.89. The second-order valence-electron chi connectivity index (χ2n) is 6.53. The van der Waals surface area contributed by atoms with Gasteiger partial charge in [0.25, 0.3) is 0 Å². The van der Waals surface area contributed by atoms with Crippen molar-refractivity contribution in [3.63, 3.8) is 0 Å². The van der Waals surface area contributed by atoms with Crippen LogP contribution >= 0.6 is 0 Å². The Morgan fingerprint density at radius 3 is 2.58 bits per heavy atom. The largest absolute Gasteiger partial charge is 0.399 e. The van der Waals surface area contributed by atoms with E-state index < -0.39 is 28.1 Å². The van der Waals surface area contributed by atoms with E-state index in [4.69, 9.17) is 4.52 Å². The summed E-state index contributed by atoms with van der Waals surface area (Å²) in [4.78, 5) is 10.5. The van der Waals surface area contributed by atoms with Crippen molar-refractivity contribution in [2.75, 3.05) is 0 Å². The molecule has 0 saturated heterocycles. The normalized spacial score (nSPS) is 22.5. The molecule has 4 rings (SSSR count). The monoisotopic (exact) mass is 362 g/mol. The van der Waals surface area contributed by atoms with Crippen LogP contribution in [-0.4, -0.2) is 16.3 Å². The summed E-state index contributed by atoms with van der Waals surface area (Å²) in [5, 5.41) is 16.2. The van der Waals surface area contributed by atoms with Gasteiger partial charge in [-0.15, -0.1) is 0 Å². The molecule has 0 spiro atoms. The molecule has 2 aromatic carbocycles. The topological polar surface area (TPSA) is 69.2 Å². The van der Waals surface area contributed by atoms with E-state index in [2.05, 4.69) is 5.16 Å². The molecule has 0 N–H and O–H groups in total. The van der Waals surface area contributed by atoms with Gasteiger partial charge < -0.3 is 4.52 Å². The fourth-order valence-electron chi connectivity index (χ4n) is 3.68. The minimum atomic E-state index is -4.57. The molecule has 0 bridgehead atoms. The van der Waals surface area contributed by atoms with Gasteiger partial charge in [-0.2, -0.15) is 13.2 Å². The van der Waals surface area contributed by atoms with Crippen LogP contribution in [0.5, 0.6) is 0 Å². The fourth-order valence-corrected chi connectivity index (χ4v) is 3.68. The van der Waals surface area contributed by atoms with Gasteiger partial charge in [0.15, 0.2) is 5.69 Å². The maximum atomic E-state index is 14.0. The Bertz CT molecular complexity index is 1030. The number of hydrogen-bond donors (Lipinski definition) is 0. The van der Waals surface area contributed by atoms with Crippen molar-refractivity contribution in [1.82, 2.24) is 5.16 Å². The van der Waals surface area contributed by atoms with E-state index in [-0.39, 0.29) is 23.4 Å². The Balaban J connectivity index is 1.86. The van der Waals surface area contributed by atoms with Gasteiger partial charge in [0, 0.05) is 5.92 Å². The van der Waals surface area contributed by atoms with Crippen molar-refractivity contribution >= 4 is 16.5 Å². The molecular weight excluding hydrogens is 349 g/mol. The lowest BCUT2D eigenvalue weighted by molar-refractivity contribution is -0.386. The first kappa shape index (κ1) is 16.6. The van der Waals surface area contributed by atoms with Gasteiger partial charge in [0.2, 0.25) is 5.76 Å². The van der Waals surface area contributed by atoms with Crippen LogP contribution < -0.4 is 0 Å². The van der Waals surface area contributed by atoms with Gasteiger partial charge >= 0.3 is 11.9 Å². The van der Waals surface area contributed by atoms with Crippen molar-refractivity contribution in [1.29, 1.82) is 0 Å². The minimum Gasteiger partial charge on any atom is -0.353 e. The molecule has 0 amide bonds. The number of rotatable bonds is 3. The Morgan fingerprint density at radius 2 is 1.92 bits per heavy atom. The first-order valence-electron chi connectivity index (χ1n) is 7.92. The van der Waals surface area contributed by atoms with E-state index in [1.165, 1.54) is 19.1 Å². The second-order valence-corrected chi connectivity index (χ2v) is 6.53. The van der Waals surface area contributed by atoms with Crippen molar-refractivity contribution in [3.05, 3.63) is 69.6 Å². The lowest BCUT2D eigenvalue weighted by Gasteiger charge is -2.21. The SMILES string of the molecule is Cc1noc([C@H]2C[C@]2(c2ccc3ccccc3c2)C(F)(F)F)c1[N+](=O)[O-]. The lowest BCUT2D eigenvalue weighted by Crippen LogP contribution is -2.30. The molecule has 1 saturated carbocycles. The molecule has 3 aromatic rings. The highest BCUT2D eigenvalue weighted by atomic mass is 19.4. The number of aryl methyl sites for hydroxylation is 1. The van der Waals surface area contributed by atoms with Crippen LogP contribution in [0.25, 0.3) is 10.8 Å². The van der Waals surface area contributed by atoms with E-state index >= 15 is 0 Å². The number of aromatic nitrogens is 1. The Kier molecular flexibility index (Phi) is 3.37. The predicted molar refractivity (Wildman–Crippen MR) is 86.9 cm³/mol. The molecule has 0 aliphatic heterocycles. The van der Waals surface area contributed by atoms with E-state index in [0.717, 1.165) is 5.39 Å². The smallest absolute Gasteiger partial charge is 0.353 e. The molecule has 2 atom stereocenters. The first-order chi connectivity index (χ1) is 12.3. The highest BCUT2D eigenvalue weighted by Gasteiger charge is 2.74.